The number of aromatic nitrogens is 1. The number of nitrogens with one attached hydrogen (secondary N) is 1. The Bertz CT molecular complexity index is 920. The van der Waals surface area contributed by atoms with Crippen LogP contribution in [0.5, 0.6) is 5.75 Å². The Balaban J connectivity index is 1.96. The molecule has 0 spiro atoms. The summed E-state index contributed by atoms with van der Waals surface area (Å²) in [4.78, 5) is 25.0. The van der Waals surface area contributed by atoms with Crippen LogP contribution in [0.4, 0.5) is 0 Å². The number of pyridine rings is 1. The predicted octanol–water partition coefficient (Wildman–Crippen LogP) is 1.58. The van der Waals surface area contributed by atoms with Crippen LogP contribution in [0.25, 0.3) is 0 Å². The van der Waals surface area contributed by atoms with Gasteiger partial charge in [0, 0.05) is 13.1 Å². The van der Waals surface area contributed by atoms with Crippen molar-refractivity contribution in [2.45, 2.75) is 38.0 Å². The van der Waals surface area contributed by atoms with Gasteiger partial charge in [-0.05, 0) is 32.4 Å². The third-order valence-corrected chi connectivity index (χ3v) is 5.16. The zero-order valence-corrected chi connectivity index (χ0v) is 16.6. The summed E-state index contributed by atoms with van der Waals surface area (Å²) in [5, 5.41) is 14.2. The Morgan fingerprint density at radius 2 is 2.00 bits per heavy atom. The van der Waals surface area contributed by atoms with E-state index in [1.165, 1.54) is 24.8 Å². The monoisotopic (exact) mass is 386 g/mol. The number of methoxy groups -OCH3 is 1. The van der Waals surface area contributed by atoms with Crippen LogP contribution >= 0.6 is 0 Å². The Kier molecular flexibility index (Phi) is 5.58. The van der Waals surface area contributed by atoms with E-state index >= 15 is 0 Å². The van der Waals surface area contributed by atoms with E-state index in [-0.39, 0.29) is 11.4 Å². The second-order valence-electron chi connectivity index (χ2n) is 7.48. The van der Waals surface area contributed by atoms with Crippen molar-refractivity contribution in [1.82, 2.24) is 9.88 Å². The maximum absolute atomic E-state index is 13.0. The van der Waals surface area contributed by atoms with Gasteiger partial charge >= 0.3 is 5.97 Å². The van der Waals surface area contributed by atoms with Gasteiger partial charge in [0.25, 0.3) is 5.56 Å². The number of ether oxygens (including phenoxy) is 2. The van der Waals surface area contributed by atoms with Crippen LogP contribution in [0, 0.1) is 0 Å². The fraction of sp³-hybridized carbons (Fsp3) is 0.429. The Morgan fingerprint density at radius 3 is 2.64 bits per heavy atom. The molecule has 0 saturated heterocycles. The van der Waals surface area contributed by atoms with E-state index in [1.54, 1.807) is 13.8 Å². The van der Waals surface area contributed by atoms with Crippen LogP contribution in [0.15, 0.2) is 41.2 Å². The van der Waals surface area contributed by atoms with E-state index in [0.717, 1.165) is 12.0 Å². The van der Waals surface area contributed by atoms with Gasteiger partial charge in [-0.3, -0.25) is 4.79 Å². The molecule has 2 atom stereocenters. The number of carbonyl (C=O) groups excluding carboxylic acids is 1. The third-order valence-electron chi connectivity index (χ3n) is 5.16. The molecule has 0 amide bonds. The molecule has 0 bridgehead atoms. The number of rotatable bonds is 5. The number of hydrogen-bond acceptors (Lipinski definition) is 6. The van der Waals surface area contributed by atoms with Gasteiger partial charge in [0.1, 0.15) is 23.1 Å². The minimum atomic E-state index is -0.938. The normalized spacial score (nSPS) is 20.2. The van der Waals surface area contributed by atoms with Crippen molar-refractivity contribution in [2.75, 3.05) is 13.7 Å². The van der Waals surface area contributed by atoms with Crippen molar-refractivity contribution in [3.63, 3.8) is 0 Å². The van der Waals surface area contributed by atoms with Crippen LogP contribution in [-0.4, -0.2) is 41.0 Å². The predicted molar refractivity (Wildman–Crippen MR) is 105 cm³/mol. The molecule has 1 aromatic carbocycles. The van der Waals surface area contributed by atoms with Crippen molar-refractivity contribution in [2.24, 2.45) is 7.05 Å². The quantitative estimate of drug-likeness (QED) is 0.759. The molecule has 7 nitrogen and oxygen atoms in total. The van der Waals surface area contributed by atoms with E-state index in [4.69, 9.17) is 9.47 Å². The molecular formula is C21H26N2O5. The number of aliphatic hydroxyl groups is 1. The molecule has 0 fully saturated rings. The van der Waals surface area contributed by atoms with Gasteiger partial charge in [-0.25, -0.2) is 4.79 Å². The first-order valence-electron chi connectivity index (χ1n) is 9.23. The summed E-state index contributed by atoms with van der Waals surface area (Å²) in [6, 6.07) is 10.8. The number of aliphatic hydroxyl groups excluding tert-OH is 1. The summed E-state index contributed by atoms with van der Waals surface area (Å²) in [7, 11) is 2.76. The second kappa shape index (κ2) is 7.77. The summed E-state index contributed by atoms with van der Waals surface area (Å²) >= 11 is 0. The van der Waals surface area contributed by atoms with Gasteiger partial charge in [-0.1, -0.05) is 30.3 Å². The minimum Gasteiger partial charge on any atom is -0.484 e. The maximum atomic E-state index is 13.0. The highest BCUT2D eigenvalue weighted by molar-refractivity contribution is 5.88. The first-order valence-corrected chi connectivity index (χ1v) is 9.23. The largest absolute Gasteiger partial charge is 0.484 e. The molecule has 0 saturated carbocycles. The summed E-state index contributed by atoms with van der Waals surface area (Å²) in [6.45, 7) is 4.08. The molecule has 2 unspecified atom stereocenters. The van der Waals surface area contributed by atoms with Gasteiger partial charge in [0.2, 0.25) is 0 Å². The first kappa shape index (κ1) is 20.1. The van der Waals surface area contributed by atoms with Gasteiger partial charge in [-0.2, -0.15) is 0 Å². The Labute approximate surface area is 163 Å². The topological polar surface area (TPSA) is 89.8 Å². The van der Waals surface area contributed by atoms with Crippen LogP contribution < -0.4 is 15.6 Å². The lowest BCUT2D eigenvalue weighted by molar-refractivity contribution is -0.0652. The number of nitrogens with zero attached hydrogens (tertiary/aromatic N) is 1. The summed E-state index contributed by atoms with van der Waals surface area (Å²) in [5.41, 5.74) is 0.239. The summed E-state index contributed by atoms with van der Waals surface area (Å²) in [6.07, 6.45) is -0.186. The number of benzene rings is 1. The molecule has 2 N–H and O–H groups in total. The van der Waals surface area contributed by atoms with Crippen LogP contribution in [0.3, 0.4) is 0 Å². The SMILES string of the molecule is COC(=O)c1cc2c(c(=O)n1C)C(NCCc1ccccc1)C(O)C(C)(C)O2. The fourth-order valence-corrected chi connectivity index (χ4v) is 3.50. The summed E-state index contributed by atoms with van der Waals surface area (Å²) in [5.74, 6) is -0.334. The minimum absolute atomic E-state index is 0.0986. The van der Waals surface area contributed by atoms with E-state index < -0.39 is 29.3 Å². The molecule has 7 heteroatoms. The van der Waals surface area contributed by atoms with Crippen molar-refractivity contribution >= 4 is 5.97 Å². The maximum Gasteiger partial charge on any atom is 0.354 e. The molecule has 150 valence electrons. The smallest absolute Gasteiger partial charge is 0.354 e. The van der Waals surface area contributed by atoms with Gasteiger partial charge in [-0.15, -0.1) is 0 Å². The van der Waals surface area contributed by atoms with Crippen LogP contribution in [0.2, 0.25) is 0 Å². The summed E-state index contributed by atoms with van der Waals surface area (Å²) < 4.78 is 11.9. The van der Waals surface area contributed by atoms with Gasteiger partial charge in [0.15, 0.2) is 0 Å². The molecule has 0 radical (unpaired) electrons. The van der Waals surface area contributed by atoms with Gasteiger partial charge in [0.05, 0.1) is 18.7 Å². The highest BCUT2D eigenvalue weighted by atomic mass is 16.5. The van der Waals surface area contributed by atoms with Crippen LogP contribution in [-0.2, 0) is 18.2 Å². The number of esters is 1. The second-order valence-corrected chi connectivity index (χ2v) is 7.48. The van der Waals surface area contributed by atoms with Crippen molar-refractivity contribution in [3.05, 3.63) is 63.6 Å². The lowest BCUT2D eigenvalue weighted by atomic mass is 9.86. The highest BCUT2D eigenvalue weighted by Crippen LogP contribution is 2.38. The average molecular weight is 386 g/mol. The Hall–Kier alpha value is -2.64. The molecule has 28 heavy (non-hydrogen) atoms. The molecule has 3 rings (SSSR count). The van der Waals surface area contributed by atoms with E-state index in [0.29, 0.717) is 12.1 Å². The van der Waals surface area contributed by atoms with E-state index in [1.807, 2.05) is 30.3 Å². The number of carbonyl (C=O) groups is 1. The van der Waals surface area contributed by atoms with Gasteiger partial charge < -0.3 is 24.5 Å². The van der Waals surface area contributed by atoms with Crippen molar-refractivity contribution < 1.29 is 19.4 Å². The van der Waals surface area contributed by atoms with Crippen molar-refractivity contribution in [1.29, 1.82) is 0 Å². The van der Waals surface area contributed by atoms with E-state index in [2.05, 4.69) is 5.32 Å². The molecule has 1 aliphatic rings. The first-order chi connectivity index (χ1) is 13.3. The van der Waals surface area contributed by atoms with Crippen molar-refractivity contribution in [3.8, 4) is 5.75 Å². The molecular weight excluding hydrogens is 360 g/mol. The number of fused-ring (bicyclic) bond motifs is 1. The average Bonchev–Trinajstić information content (AvgIpc) is 2.67. The zero-order valence-electron chi connectivity index (χ0n) is 16.6. The Morgan fingerprint density at radius 1 is 1.32 bits per heavy atom. The van der Waals surface area contributed by atoms with Crippen LogP contribution in [0.1, 0.15) is 41.5 Å². The zero-order chi connectivity index (χ0) is 20.5. The lowest BCUT2D eigenvalue weighted by Gasteiger charge is -2.42. The third kappa shape index (κ3) is 3.68. The standard InChI is InChI=1S/C21H26N2O5/c1-21(2)18(24)17(22-11-10-13-8-6-5-7-9-13)16-15(28-21)12-14(20(26)27-4)23(3)19(16)25/h5-9,12,17-18,22,24H,10-11H2,1-4H3. The molecule has 2 aromatic rings. The van der Waals surface area contributed by atoms with E-state index in [9.17, 15) is 14.7 Å². The lowest BCUT2D eigenvalue weighted by Crippen LogP contribution is -2.55. The molecule has 1 aromatic heterocycles. The number of hydrogen-bond donors (Lipinski definition) is 2. The molecule has 0 aliphatic carbocycles. The highest BCUT2D eigenvalue weighted by Gasteiger charge is 2.44. The molecule has 2 heterocycles. The fourth-order valence-electron chi connectivity index (χ4n) is 3.50. The molecule has 1 aliphatic heterocycles.